The highest BCUT2D eigenvalue weighted by Crippen LogP contribution is 2.32. The van der Waals surface area contributed by atoms with E-state index < -0.39 is 35.6 Å². The Morgan fingerprint density at radius 1 is 1.29 bits per heavy atom. The van der Waals surface area contributed by atoms with Crippen LogP contribution in [0.5, 0.6) is 0 Å². The Labute approximate surface area is 158 Å². The zero-order valence-electron chi connectivity index (χ0n) is 14.7. The molecule has 11 nitrogen and oxygen atoms in total. The molecule has 0 aliphatic carbocycles. The highest BCUT2D eigenvalue weighted by Gasteiger charge is 2.45. The van der Waals surface area contributed by atoms with Gasteiger partial charge in [-0.05, 0) is 30.5 Å². The normalized spacial score (nSPS) is 18.4. The Morgan fingerprint density at radius 2 is 2.07 bits per heavy atom. The van der Waals surface area contributed by atoms with E-state index in [1.165, 1.54) is 18.2 Å². The molecule has 28 heavy (non-hydrogen) atoms. The molecule has 0 spiro atoms. The number of hydrogen-bond acceptors (Lipinski definition) is 6. The van der Waals surface area contributed by atoms with Crippen LogP contribution in [0, 0.1) is 0 Å². The van der Waals surface area contributed by atoms with Gasteiger partial charge in [0.15, 0.2) is 0 Å². The van der Waals surface area contributed by atoms with E-state index in [1.807, 2.05) is 0 Å². The van der Waals surface area contributed by atoms with Crippen LogP contribution in [0.2, 0.25) is 0 Å². The SMILES string of the molecule is [N-]=[N+]=NCCCC(=O)Nc1cccc2c1C(=O)N(C1CCC(=O)NC1=O)C2=O. The van der Waals surface area contributed by atoms with Crippen molar-refractivity contribution in [3.05, 3.63) is 39.8 Å². The van der Waals surface area contributed by atoms with Gasteiger partial charge in [-0.15, -0.1) is 0 Å². The number of benzene rings is 1. The molecule has 1 fully saturated rings. The summed E-state index contributed by atoms with van der Waals surface area (Å²) in [4.78, 5) is 64.5. The minimum Gasteiger partial charge on any atom is -0.325 e. The molecule has 1 saturated heterocycles. The number of nitrogens with zero attached hydrogens (tertiary/aromatic N) is 4. The van der Waals surface area contributed by atoms with Crippen LogP contribution in [-0.2, 0) is 14.4 Å². The number of fused-ring (bicyclic) bond motifs is 1. The second-order valence-electron chi connectivity index (χ2n) is 6.28. The van der Waals surface area contributed by atoms with Gasteiger partial charge in [-0.25, -0.2) is 0 Å². The lowest BCUT2D eigenvalue weighted by molar-refractivity contribution is -0.136. The van der Waals surface area contributed by atoms with Crippen LogP contribution in [-0.4, -0.2) is 47.0 Å². The van der Waals surface area contributed by atoms with Crippen molar-refractivity contribution >= 4 is 35.2 Å². The summed E-state index contributed by atoms with van der Waals surface area (Å²) in [6.07, 6.45) is 0.484. The van der Waals surface area contributed by atoms with Crippen LogP contribution < -0.4 is 10.6 Å². The highest BCUT2D eigenvalue weighted by molar-refractivity contribution is 6.26. The molecule has 0 saturated carbocycles. The number of carbonyl (C=O) groups is 5. The van der Waals surface area contributed by atoms with Crippen molar-refractivity contribution in [1.29, 1.82) is 0 Å². The fraction of sp³-hybridized carbons (Fsp3) is 0.353. The summed E-state index contributed by atoms with van der Waals surface area (Å²) in [6, 6.07) is 3.38. The van der Waals surface area contributed by atoms with E-state index in [2.05, 4.69) is 20.7 Å². The van der Waals surface area contributed by atoms with Gasteiger partial charge in [0, 0.05) is 24.3 Å². The fourth-order valence-corrected chi connectivity index (χ4v) is 3.19. The van der Waals surface area contributed by atoms with Crippen LogP contribution >= 0.6 is 0 Å². The van der Waals surface area contributed by atoms with Crippen molar-refractivity contribution in [2.24, 2.45) is 5.11 Å². The zero-order valence-corrected chi connectivity index (χ0v) is 14.7. The van der Waals surface area contributed by atoms with Gasteiger partial charge in [0.2, 0.25) is 17.7 Å². The summed E-state index contributed by atoms with van der Waals surface area (Å²) >= 11 is 0. The predicted octanol–water partition coefficient (Wildman–Crippen LogP) is 1.12. The number of piperidine rings is 1. The van der Waals surface area contributed by atoms with Gasteiger partial charge in [0.25, 0.3) is 11.8 Å². The minimum absolute atomic E-state index is 0.0144. The number of anilines is 1. The summed E-state index contributed by atoms with van der Waals surface area (Å²) in [5, 5.41) is 8.05. The van der Waals surface area contributed by atoms with Crippen molar-refractivity contribution in [3.8, 4) is 0 Å². The first-order valence-electron chi connectivity index (χ1n) is 8.59. The molecule has 0 aromatic heterocycles. The van der Waals surface area contributed by atoms with Crippen molar-refractivity contribution in [2.75, 3.05) is 11.9 Å². The molecular weight excluding hydrogens is 368 g/mol. The van der Waals surface area contributed by atoms with E-state index in [0.717, 1.165) is 4.90 Å². The maximum atomic E-state index is 12.9. The molecule has 144 valence electrons. The zero-order chi connectivity index (χ0) is 20.3. The first kappa shape index (κ1) is 19.1. The second-order valence-corrected chi connectivity index (χ2v) is 6.28. The number of nitrogens with one attached hydrogen (secondary N) is 2. The number of hydrogen-bond donors (Lipinski definition) is 2. The van der Waals surface area contributed by atoms with Crippen LogP contribution in [0.1, 0.15) is 46.4 Å². The topological polar surface area (TPSA) is 161 Å². The van der Waals surface area contributed by atoms with Gasteiger partial charge in [0.1, 0.15) is 6.04 Å². The molecule has 1 aromatic carbocycles. The fourth-order valence-electron chi connectivity index (χ4n) is 3.19. The van der Waals surface area contributed by atoms with Gasteiger partial charge in [-0.3, -0.25) is 34.2 Å². The molecular formula is C17H16N6O5. The Hall–Kier alpha value is -3.72. The lowest BCUT2D eigenvalue weighted by Crippen LogP contribution is -2.54. The van der Waals surface area contributed by atoms with Crippen LogP contribution in [0.3, 0.4) is 0 Å². The predicted molar refractivity (Wildman–Crippen MR) is 95.0 cm³/mol. The van der Waals surface area contributed by atoms with E-state index in [4.69, 9.17) is 5.53 Å². The van der Waals surface area contributed by atoms with E-state index in [1.54, 1.807) is 0 Å². The van der Waals surface area contributed by atoms with Gasteiger partial charge >= 0.3 is 0 Å². The second kappa shape index (κ2) is 7.89. The maximum Gasteiger partial charge on any atom is 0.264 e. The molecule has 1 unspecified atom stereocenters. The van der Waals surface area contributed by atoms with Gasteiger partial charge in [0.05, 0.1) is 16.8 Å². The molecule has 0 bridgehead atoms. The molecule has 3 rings (SSSR count). The number of rotatable bonds is 6. The maximum absolute atomic E-state index is 12.9. The molecule has 2 aliphatic heterocycles. The van der Waals surface area contributed by atoms with Gasteiger partial charge < -0.3 is 5.32 Å². The molecule has 1 atom stereocenters. The van der Waals surface area contributed by atoms with Crippen molar-refractivity contribution in [3.63, 3.8) is 0 Å². The average Bonchev–Trinajstić information content (AvgIpc) is 2.91. The lowest BCUT2D eigenvalue weighted by atomic mass is 10.0. The smallest absolute Gasteiger partial charge is 0.264 e. The third-order valence-electron chi connectivity index (χ3n) is 4.47. The molecule has 2 heterocycles. The summed E-state index contributed by atoms with van der Waals surface area (Å²) in [6.45, 7) is 0.164. The molecule has 11 heteroatoms. The Balaban J connectivity index is 1.80. The van der Waals surface area contributed by atoms with E-state index >= 15 is 0 Å². The van der Waals surface area contributed by atoms with Crippen molar-refractivity contribution < 1.29 is 24.0 Å². The van der Waals surface area contributed by atoms with Crippen LogP contribution in [0.15, 0.2) is 23.3 Å². The quantitative estimate of drug-likeness (QED) is 0.246. The van der Waals surface area contributed by atoms with E-state index in [-0.39, 0.29) is 42.6 Å². The largest absolute Gasteiger partial charge is 0.325 e. The molecule has 1 aromatic rings. The summed E-state index contributed by atoms with van der Waals surface area (Å²) in [5.74, 6) is -2.89. The first-order chi connectivity index (χ1) is 13.4. The third kappa shape index (κ3) is 3.55. The molecule has 5 amide bonds. The van der Waals surface area contributed by atoms with Gasteiger partial charge in [-0.2, -0.15) is 0 Å². The standard InChI is InChI=1S/C17H16N6O5/c18-22-19-8-2-5-12(24)20-10-4-1-3-9-14(10)17(28)23(16(9)27)11-6-7-13(25)21-15(11)26/h1,3-4,11H,2,5-8H2,(H,20,24)(H,21,25,26). The first-order valence-corrected chi connectivity index (χ1v) is 8.59. The summed E-state index contributed by atoms with van der Waals surface area (Å²) < 4.78 is 0. The molecule has 0 radical (unpaired) electrons. The van der Waals surface area contributed by atoms with Crippen molar-refractivity contribution in [2.45, 2.75) is 31.7 Å². The number of amides is 5. The Bertz CT molecular complexity index is 936. The molecule has 2 N–H and O–H groups in total. The van der Waals surface area contributed by atoms with Crippen molar-refractivity contribution in [1.82, 2.24) is 10.2 Å². The third-order valence-corrected chi connectivity index (χ3v) is 4.47. The van der Waals surface area contributed by atoms with Crippen LogP contribution in [0.4, 0.5) is 5.69 Å². The molecule has 2 aliphatic rings. The number of imide groups is 2. The summed E-state index contributed by atoms with van der Waals surface area (Å²) in [7, 11) is 0. The minimum atomic E-state index is -1.07. The average molecular weight is 384 g/mol. The summed E-state index contributed by atoms with van der Waals surface area (Å²) in [5.41, 5.74) is 8.49. The monoisotopic (exact) mass is 384 g/mol. The number of carbonyl (C=O) groups excluding carboxylic acids is 5. The van der Waals surface area contributed by atoms with E-state index in [0.29, 0.717) is 6.42 Å². The Morgan fingerprint density at radius 3 is 2.79 bits per heavy atom. The van der Waals surface area contributed by atoms with Gasteiger partial charge in [-0.1, -0.05) is 11.2 Å². The van der Waals surface area contributed by atoms with E-state index in [9.17, 15) is 24.0 Å². The van der Waals surface area contributed by atoms with Crippen LogP contribution in [0.25, 0.3) is 10.4 Å². The lowest BCUT2D eigenvalue weighted by Gasteiger charge is -2.27. The highest BCUT2D eigenvalue weighted by atomic mass is 16.2. The Kier molecular flexibility index (Phi) is 5.37. The number of azide groups is 1.